The van der Waals surface area contributed by atoms with Crippen LogP contribution in [0.3, 0.4) is 0 Å². The zero-order chi connectivity index (χ0) is 29.8. The minimum atomic E-state index is -4.81. The molecule has 2 N–H and O–H groups in total. The SMILES string of the molecule is O=C(CN(c1cc(C(F)(F)F)ccc1Cl)S(=O)(=O)c1ccccc1)Nc1ccc(S(=O)(=O)Nc2cccnc2)cc1. The van der Waals surface area contributed by atoms with E-state index >= 15 is 0 Å². The third-order valence-electron chi connectivity index (χ3n) is 5.52. The summed E-state index contributed by atoms with van der Waals surface area (Å²) in [5, 5.41) is 2.09. The van der Waals surface area contributed by atoms with Gasteiger partial charge in [0.15, 0.2) is 0 Å². The van der Waals surface area contributed by atoms with Gasteiger partial charge in [-0.25, -0.2) is 16.8 Å². The summed E-state index contributed by atoms with van der Waals surface area (Å²) in [6.07, 6.45) is -2.02. The van der Waals surface area contributed by atoms with Crippen LogP contribution in [0.25, 0.3) is 0 Å². The van der Waals surface area contributed by atoms with Crippen LogP contribution in [0.15, 0.2) is 107 Å². The fourth-order valence-corrected chi connectivity index (χ4v) is 6.35. The van der Waals surface area contributed by atoms with Crippen LogP contribution >= 0.6 is 11.6 Å². The number of pyridine rings is 1. The Labute approximate surface area is 238 Å². The number of alkyl halides is 3. The van der Waals surface area contributed by atoms with E-state index in [2.05, 4.69) is 15.0 Å². The minimum Gasteiger partial charge on any atom is -0.325 e. The normalized spacial score (nSPS) is 12.0. The maximum atomic E-state index is 13.5. The van der Waals surface area contributed by atoms with Crippen molar-refractivity contribution in [2.24, 2.45) is 0 Å². The molecule has 1 amide bonds. The molecule has 0 bridgehead atoms. The lowest BCUT2D eigenvalue weighted by Gasteiger charge is -2.26. The van der Waals surface area contributed by atoms with E-state index in [1.54, 1.807) is 12.1 Å². The van der Waals surface area contributed by atoms with Crippen LogP contribution in [0.4, 0.5) is 30.2 Å². The Morgan fingerprint density at radius 2 is 1.54 bits per heavy atom. The summed E-state index contributed by atoms with van der Waals surface area (Å²) in [5.41, 5.74) is -1.38. The van der Waals surface area contributed by atoms with Gasteiger partial charge in [0, 0.05) is 11.9 Å². The molecule has 0 spiro atoms. The molecule has 9 nitrogen and oxygen atoms in total. The number of sulfonamides is 2. The maximum absolute atomic E-state index is 13.5. The first kappa shape index (κ1) is 29.8. The van der Waals surface area contributed by atoms with Gasteiger partial charge in [0.2, 0.25) is 5.91 Å². The van der Waals surface area contributed by atoms with Crippen LogP contribution in [0, 0.1) is 0 Å². The van der Waals surface area contributed by atoms with Crippen molar-refractivity contribution < 1.29 is 34.8 Å². The molecule has 0 saturated heterocycles. The summed E-state index contributed by atoms with van der Waals surface area (Å²) in [4.78, 5) is 16.4. The van der Waals surface area contributed by atoms with Crippen molar-refractivity contribution in [3.05, 3.63) is 108 Å². The monoisotopic (exact) mass is 624 g/mol. The van der Waals surface area contributed by atoms with E-state index in [0.717, 1.165) is 6.07 Å². The van der Waals surface area contributed by atoms with Gasteiger partial charge in [-0.15, -0.1) is 0 Å². The van der Waals surface area contributed by atoms with E-state index in [9.17, 15) is 34.8 Å². The van der Waals surface area contributed by atoms with Crippen molar-refractivity contribution in [3.8, 4) is 0 Å². The predicted octanol–water partition coefficient (Wildman–Crippen LogP) is 5.39. The summed E-state index contributed by atoms with van der Waals surface area (Å²) in [6.45, 7) is -0.944. The molecule has 41 heavy (non-hydrogen) atoms. The Morgan fingerprint density at radius 1 is 0.854 bits per heavy atom. The van der Waals surface area contributed by atoms with E-state index < -0.39 is 49.9 Å². The van der Waals surface area contributed by atoms with Gasteiger partial charge in [0.25, 0.3) is 20.0 Å². The number of anilines is 3. The number of nitrogens with zero attached hydrogens (tertiary/aromatic N) is 2. The van der Waals surface area contributed by atoms with E-state index in [1.165, 1.54) is 67.0 Å². The highest BCUT2D eigenvalue weighted by Gasteiger charge is 2.34. The second kappa shape index (κ2) is 11.8. The first-order chi connectivity index (χ1) is 19.3. The van der Waals surface area contributed by atoms with E-state index in [1.807, 2.05) is 0 Å². The number of nitrogens with one attached hydrogen (secondary N) is 2. The number of rotatable bonds is 9. The van der Waals surface area contributed by atoms with Crippen LogP contribution in [-0.2, 0) is 31.0 Å². The van der Waals surface area contributed by atoms with Gasteiger partial charge >= 0.3 is 6.18 Å². The molecule has 0 atom stereocenters. The van der Waals surface area contributed by atoms with Crippen molar-refractivity contribution in [2.75, 3.05) is 20.9 Å². The highest BCUT2D eigenvalue weighted by atomic mass is 35.5. The Kier molecular flexibility index (Phi) is 8.56. The second-order valence-corrected chi connectivity index (χ2v) is 12.4. The summed E-state index contributed by atoms with van der Waals surface area (Å²) in [5.74, 6) is -0.929. The molecular formula is C26H20ClF3N4O5S2. The molecule has 1 aromatic heterocycles. The number of halogens is 4. The zero-order valence-electron chi connectivity index (χ0n) is 20.7. The van der Waals surface area contributed by atoms with Crippen molar-refractivity contribution in [1.29, 1.82) is 0 Å². The lowest BCUT2D eigenvalue weighted by Crippen LogP contribution is -2.38. The number of hydrogen-bond acceptors (Lipinski definition) is 6. The molecule has 1 heterocycles. The second-order valence-electron chi connectivity index (χ2n) is 8.41. The number of amides is 1. The Morgan fingerprint density at radius 3 is 2.15 bits per heavy atom. The molecule has 0 aliphatic heterocycles. The summed E-state index contributed by atoms with van der Waals surface area (Å²) in [7, 11) is -8.54. The molecule has 4 rings (SSSR count). The van der Waals surface area contributed by atoms with Crippen molar-refractivity contribution >= 4 is 54.6 Å². The Bertz CT molecular complexity index is 1760. The van der Waals surface area contributed by atoms with Gasteiger partial charge in [-0.05, 0) is 66.7 Å². The molecule has 15 heteroatoms. The molecule has 214 valence electrons. The van der Waals surface area contributed by atoms with Gasteiger partial charge in [0.1, 0.15) is 6.54 Å². The average Bonchev–Trinajstić information content (AvgIpc) is 2.92. The molecule has 0 radical (unpaired) electrons. The number of carbonyl (C=O) groups excluding carboxylic acids is 1. The fraction of sp³-hybridized carbons (Fsp3) is 0.0769. The maximum Gasteiger partial charge on any atom is 0.416 e. The number of carbonyl (C=O) groups is 1. The lowest BCUT2D eigenvalue weighted by molar-refractivity contribution is -0.137. The minimum absolute atomic E-state index is 0.0996. The highest BCUT2D eigenvalue weighted by Crippen LogP contribution is 2.37. The third-order valence-corrected chi connectivity index (χ3v) is 9.01. The van der Waals surface area contributed by atoms with E-state index in [4.69, 9.17) is 11.6 Å². The summed E-state index contributed by atoms with van der Waals surface area (Å²) >= 11 is 6.12. The van der Waals surface area contributed by atoms with Crippen LogP contribution in [0.5, 0.6) is 0 Å². The van der Waals surface area contributed by atoms with E-state index in [-0.39, 0.29) is 26.2 Å². The predicted molar refractivity (Wildman–Crippen MR) is 148 cm³/mol. The largest absolute Gasteiger partial charge is 0.416 e. The topological polar surface area (TPSA) is 126 Å². The van der Waals surface area contributed by atoms with Crippen molar-refractivity contribution in [2.45, 2.75) is 16.0 Å². The highest BCUT2D eigenvalue weighted by molar-refractivity contribution is 7.93. The zero-order valence-corrected chi connectivity index (χ0v) is 23.1. The van der Waals surface area contributed by atoms with Gasteiger partial charge in [0.05, 0.1) is 37.9 Å². The van der Waals surface area contributed by atoms with Gasteiger partial charge in [-0.1, -0.05) is 29.8 Å². The molecule has 4 aromatic rings. The molecule has 0 aliphatic rings. The van der Waals surface area contributed by atoms with E-state index in [0.29, 0.717) is 16.4 Å². The Hall–Kier alpha value is -4.14. The molecular weight excluding hydrogens is 605 g/mol. The third kappa shape index (κ3) is 7.14. The first-order valence-corrected chi connectivity index (χ1v) is 14.8. The van der Waals surface area contributed by atoms with Crippen molar-refractivity contribution in [3.63, 3.8) is 0 Å². The number of benzene rings is 3. The van der Waals surface area contributed by atoms with Crippen LogP contribution in [0.2, 0.25) is 5.02 Å². The molecule has 0 fully saturated rings. The molecule has 0 unspecified atom stereocenters. The molecule has 0 saturated carbocycles. The first-order valence-electron chi connectivity index (χ1n) is 11.5. The fourth-order valence-electron chi connectivity index (χ4n) is 3.59. The Balaban J connectivity index is 1.60. The standard InChI is InChI=1S/C26H20ClF3N4O5S2/c27-23-13-8-18(26(28,29)30)15-24(23)34(41(38,39)22-6-2-1-3-7-22)17-25(35)32-19-9-11-21(12-10-19)40(36,37)33-20-5-4-14-31-16-20/h1-16,33H,17H2,(H,32,35). The number of hydrogen-bond donors (Lipinski definition) is 2. The smallest absolute Gasteiger partial charge is 0.325 e. The molecule has 0 aliphatic carbocycles. The van der Waals surface area contributed by atoms with Crippen LogP contribution in [0.1, 0.15) is 5.56 Å². The van der Waals surface area contributed by atoms with Crippen molar-refractivity contribution in [1.82, 2.24) is 4.98 Å². The van der Waals surface area contributed by atoms with Gasteiger partial charge in [-0.2, -0.15) is 13.2 Å². The quantitative estimate of drug-likeness (QED) is 0.257. The summed E-state index contributed by atoms with van der Waals surface area (Å²) in [6, 6.07) is 16.9. The molecule has 3 aromatic carbocycles. The lowest BCUT2D eigenvalue weighted by atomic mass is 10.2. The average molecular weight is 625 g/mol. The number of aromatic nitrogens is 1. The summed E-state index contributed by atoms with van der Waals surface area (Å²) < 4.78 is 95.3. The van der Waals surface area contributed by atoms with Gasteiger partial charge < -0.3 is 5.32 Å². The van der Waals surface area contributed by atoms with Gasteiger partial charge in [-0.3, -0.25) is 18.8 Å². The van der Waals surface area contributed by atoms with Crippen LogP contribution in [-0.4, -0.2) is 34.3 Å². The van der Waals surface area contributed by atoms with Crippen LogP contribution < -0.4 is 14.3 Å².